The van der Waals surface area contributed by atoms with E-state index in [1.54, 1.807) is 6.07 Å². The van der Waals surface area contributed by atoms with Crippen molar-refractivity contribution in [1.29, 1.82) is 0 Å². The van der Waals surface area contributed by atoms with Gasteiger partial charge in [-0.15, -0.1) is 0 Å². The standard InChI is InChI=1S/C19H18N4O3/c1-19(2)9-16(11-5-3-4-6-13(11)19)22-15-8-14-12(7-17(15)23(25)26)18(24)21-10-20-14/h3-8,10,16,22H,9H2,1-2H3,(H,20,21,24). The van der Waals surface area contributed by atoms with E-state index in [1.807, 2.05) is 12.1 Å². The second-order valence-electron chi connectivity index (χ2n) is 7.25. The van der Waals surface area contributed by atoms with Crippen LogP contribution in [-0.2, 0) is 5.41 Å². The predicted octanol–water partition coefficient (Wildman–Crippen LogP) is 3.67. The van der Waals surface area contributed by atoms with Crippen LogP contribution >= 0.6 is 0 Å². The summed E-state index contributed by atoms with van der Waals surface area (Å²) in [4.78, 5) is 29.6. The van der Waals surface area contributed by atoms with E-state index in [1.165, 1.54) is 18.0 Å². The summed E-state index contributed by atoms with van der Waals surface area (Å²) in [5.41, 5.74) is 2.65. The molecule has 7 nitrogen and oxygen atoms in total. The van der Waals surface area contributed by atoms with Gasteiger partial charge in [0.2, 0.25) is 0 Å². The minimum atomic E-state index is -0.472. The highest BCUT2D eigenvalue weighted by Crippen LogP contribution is 2.46. The molecule has 2 aromatic carbocycles. The van der Waals surface area contributed by atoms with E-state index in [0.717, 1.165) is 12.0 Å². The Kier molecular flexibility index (Phi) is 3.54. The Bertz CT molecular complexity index is 1090. The van der Waals surface area contributed by atoms with Crippen molar-refractivity contribution >= 4 is 22.3 Å². The average Bonchev–Trinajstić information content (AvgIpc) is 2.85. The highest BCUT2D eigenvalue weighted by Gasteiger charge is 2.37. The summed E-state index contributed by atoms with van der Waals surface area (Å²) in [7, 11) is 0. The molecule has 1 atom stereocenters. The molecular formula is C19H18N4O3. The van der Waals surface area contributed by atoms with Crippen LogP contribution in [-0.4, -0.2) is 14.9 Å². The predicted molar refractivity (Wildman–Crippen MR) is 99.5 cm³/mol. The Morgan fingerprint density at radius 1 is 1.31 bits per heavy atom. The Balaban J connectivity index is 1.82. The molecule has 4 rings (SSSR count). The second kappa shape index (κ2) is 5.66. The van der Waals surface area contributed by atoms with Crippen molar-refractivity contribution in [3.05, 3.63) is 74.3 Å². The molecule has 132 valence electrons. The van der Waals surface area contributed by atoms with Gasteiger partial charge >= 0.3 is 0 Å². The molecule has 0 saturated heterocycles. The Morgan fingerprint density at radius 3 is 2.85 bits per heavy atom. The van der Waals surface area contributed by atoms with Crippen LogP contribution in [0.1, 0.15) is 37.4 Å². The molecule has 1 aliphatic carbocycles. The number of nitro groups is 1. The summed E-state index contributed by atoms with van der Waals surface area (Å²) in [6.07, 6.45) is 2.12. The van der Waals surface area contributed by atoms with Gasteiger partial charge in [0.1, 0.15) is 5.69 Å². The van der Waals surface area contributed by atoms with E-state index >= 15 is 0 Å². The molecule has 0 amide bonds. The average molecular weight is 350 g/mol. The van der Waals surface area contributed by atoms with Gasteiger partial charge < -0.3 is 10.3 Å². The number of nitro benzene ring substituents is 1. The maximum absolute atomic E-state index is 11.9. The lowest BCUT2D eigenvalue weighted by molar-refractivity contribution is -0.383. The number of H-pyrrole nitrogens is 1. The van der Waals surface area contributed by atoms with E-state index in [4.69, 9.17) is 0 Å². The van der Waals surface area contributed by atoms with Crippen LogP contribution in [0.25, 0.3) is 10.9 Å². The normalized spacial score (nSPS) is 17.8. The van der Waals surface area contributed by atoms with Gasteiger partial charge in [-0.25, -0.2) is 4.98 Å². The minimum absolute atomic E-state index is 0.0186. The first-order valence-electron chi connectivity index (χ1n) is 8.38. The molecule has 1 aromatic heterocycles. The second-order valence-corrected chi connectivity index (χ2v) is 7.25. The van der Waals surface area contributed by atoms with E-state index < -0.39 is 10.5 Å². The first kappa shape index (κ1) is 16.3. The van der Waals surface area contributed by atoms with Crippen LogP contribution in [0.15, 0.2) is 47.5 Å². The first-order valence-corrected chi connectivity index (χ1v) is 8.38. The number of aromatic amines is 1. The van der Waals surface area contributed by atoms with Gasteiger partial charge in [-0.05, 0) is 29.0 Å². The van der Waals surface area contributed by atoms with Crippen LogP contribution in [0.5, 0.6) is 0 Å². The van der Waals surface area contributed by atoms with Crippen molar-refractivity contribution in [3.8, 4) is 0 Å². The third-order valence-electron chi connectivity index (χ3n) is 5.06. The van der Waals surface area contributed by atoms with Crippen molar-refractivity contribution in [3.63, 3.8) is 0 Å². The maximum atomic E-state index is 11.9. The summed E-state index contributed by atoms with van der Waals surface area (Å²) >= 11 is 0. The van der Waals surface area contributed by atoms with Crippen molar-refractivity contribution in [2.24, 2.45) is 0 Å². The third kappa shape index (κ3) is 2.52. The van der Waals surface area contributed by atoms with Crippen LogP contribution < -0.4 is 10.9 Å². The van der Waals surface area contributed by atoms with E-state index in [0.29, 0.717) is 11.2 Å². The molecule has 0 fully saturated rings. The molecule has 26 heavy (non-hydrogen) atoms. The van der Waals surface area contributed by atoms with Gasteiger partial charge in [0.15, 0.2) is 0 Å². The number of benzene rings is 2. The number of hydrogen-bond acceptors (Lipinski definition) is 5. The number of anilines is 1. The lowest BCUT2D eigenvalue weighted by atomic mass is 9.86. The topological polar surface area (TPSA) is 101 Å². The van der Waals surface area contributed by atoms with Crippen LogP contribution in [0.4, 0.5) is 11.4 Å². The quantitative estimate of drug-likeness (QED) is 0.554. The lowest BCUT2D eigenvalue weighted by Gasteiger charge is -2.20. The fourth-order valence-electron chi connectivity index (χ4n) is 3.83. The van der Waals surface area contributed by atoms with Gasteiger partial charge in [0.25, 0.3) is 11.2 Å². The summed E-state index contributed by atoms with van der Waals surface area (Å²) in [6, 6.07) is 11.0. The Hall–Kier alpha value is -3.22. The summed E-state index contributed by atoms with van der Waals surface area (Å²) in [6.45, 7) is 4.34. The van der Waals surface area contributed by atoms with Gasteiger partial charge in [0.05, 0.1) is 28.2 Å². The Morgan fingerprint density at radius 2 is 2.08 bits per heavy atom. The zero-order valence-electron chi connectivity index (χ0n) is 14.4. The van der Waals surface area contributed by atoms with E-state index in [2.05, 4.69) is 41.3 Å². The van der Waals surface area contributed by atoms with E-state index in [9.17, 15) is 14.9 Å². The minimum Gasteiger partial charge on any atom is -0.373 e. The van der Waals surface area contributed by atoms with Gasteiger partial charge in [-0.2, -0.15) is 0 Å². The fourth-order valence-corrected chi connectivity index (χ4v) is 3.83. The zero-order valence-corrected chi connectivity index (χ0v) is 14.4. The first-order chi connectivity index (χ1) is 12.4. The monoisotopic (exact) mass is 350 g/mol. The molecule has 0 aliphatic heterocycles. The van der Waals surface area contributed by atoms with Crippen molar-refractivity contribution in [2.45, 2.75) is 31.7 Å². The number of nitrogens with zero attached hydrogens (tertiary/aromatic N) is 2. The SMILES string of the molecule is CC1(C)CC(Nc2cc3nc[nH]c(=O)c3cc2[N+](=O)[O-])c2ccccc21. The maximum Gasteiger partial charge on any atom is 0.293 e. The molecule has 2 N–H and O–H groups in total. The highest BCUT2D eigenvalue weighted by molar-refractivity contribution is 5.86. The van der Waals surface area contributed by atoms with Crippen molar-refractivity contribution in [1.82, 2.24) is 9.97 Å². The molecule has 3 aromatic rings. The third-order valence-corrected chi connectivity index (χ3v) is 5.06. The highest BCUT2D eigenvalue weighted by atomic mass is 16.6. The summed E-state index contributed by atoms with van der Waals surface area (Å²) in [5, 5.41) is 15.1. The van der Waals surface area contributed by atoms with Gasteiger partial charge in [0, 0.05) is 6.07 Å². The molecule has 1 heterocycles. The van der Waals surface area contributed by atoms with Crippen LogP contribution in [0, 0.1) is 10.1 Å². The fraction of sp³-hybridized carbons (Fsp3) is 0.263. The van der Waals surface area contributed by atoms with Gasteiger partial charge in [-0.3, -0.25) is 14.9 Å². The molecule has 7 heteroatoms. The van der Waals surface area contributed by atoms with Crippen LogP contribution in [0.2, 0.25) is 0 Å². The number of nitrogens with one attached hydrogen (secondary N) is 2. The van der Waals surface area contributed by atoms with E-state index in [-0.39, 0.29) is 22.5 Å². The Labute approximate surface area is 149 Å². The largest absolute Gasteiger partial charge is 0.373 e. The number of fused-ring (bicyclic) bond motifs is 2. The summed E-state index contributed by atoms with van der Waals surface area (Å²) in [5.74, 6) is 0. The van der Waals surface area contributed by atoms with Crippen molar-refractivity contribution < 1.29 is 4.92 Å². The van der Waals surface area contributed by atoms with Crippen LogP contribution in [0.3, 0.4) is 0 Å². The smallest absolute Gasteiger partial charge is 0.293 e. The molecule has 1 aliphatic rings. The molecular weight excluding hydrogens is 332 g/mol. The lowest BCUT2D eigenvalue weighted by Crippen LogP contribution is -2.15. The number of aromatic nitrogens is 2. The molecule has 0 spiro atoms. The molecule has 0 saturated carbocycles. The summed E-state index contributed by atoms with van der Waals surface area (Å²) < 4.78 is 0. The zero-order chi connectivity index (χ0) is 18.5. The molecule has 1 unspecified atom stereocenters. The molecule has 0 bridgehead atoms. The number of rotatable bonds is 3. The number of hydrogen-bond donors (Lipinski definition) is 2. The van der Waals surface area contributed by atoms with Crippen molar-refractivity contribution in [2.75, 3.05) is 5.32 Å². The molecule has 0 radical (unpaired) electrons. The van der Waals surface area contributed by atoms with Gasteiger partial charge in [-0.1, -0.05) is 38.1 Å².